The van der Waals surface area contributed by atoms with Crippen molar-refractivity contribution in [1.29, 1.82) is 0 Å². The first-order valence-electron chi connectivity index (χ1n) is 5.54. The maximum absolute atomic E-state index is 11.3. The van der Waals surface area contributed by atoms with Crippen molar-refractivity contribution in [3.8, 4) is 11.8 Å². The van der Waals surface area contributed by atoms with Gasteiger partial charge in [-0.2, -0.15) is 0 Å². The molecule has 90 valence electrons. The molecule has 0 bridgehead atoms. The van der Waals surface area contributed by atoms with Gasteiger partial charge in [-0.05, 0) is 11.4 Å². The van der Waals surface area contributed by atoms with Crippen molar-refractivity contribution in [1.82, 2.24) is 10.2 Å². The molecule has 0 saturated carbocycles. The van der Waals surface area contributed by atoms with Crippen LogP contribution in [0.3, 0.4) is 0 Å². The summed E-state index contributed by atoms with van der Waals surface area (Å²) in [6, 6.07) is 2.01. The van der Waals surface area contributed by atoms with E-state index in [0.717, 1.165) is 25.2 Å². The third-order valence-electron chi connectivity index (χ3n) is 2.56. The van der Waals surface area contributed by atoms with E-state index >= 15 is 0 Å². The number of carbonyl (C=O) groups excluding carboxylic acids is 1. The molecule has 2 heterocycles. The Kier molecular flexibility index (Phi) is 4.15. The molecule has 17 heavy (non-hydrogen) atoms. The minimum Gasteiger partial charge on any atom is -0.354 e. The average molecular weight is 249 g/mol. The predicted molar refractivity (Wildman–Crippen MR) is 68.5 cm³/mol. The third kappa shape index (κ3) is 3.30. The molecule has 2 rings (SSSR count). The Morgan fingerprint density at radius 2 is 2.47 bits per heavy atom. The number of hydrogen-bond donors (Lipinski definition) is 2. The fourth-order valence-electron chi connectivity index (χ4n) is 1.75. The molecule has 0 aliphatic carbocycles. The van der Waals surface area contributed by atoms with Gasteiger partial charge in [0.25, 0.3) is 0 Å². The van der Waals surface area contributed by atoms with Crippen LogP contribution < -0.4 is 11.1 Å². The van der Waals surface area contributed by atoms with Crippen molar-refractivity contribution in [3.05, 3.63) is 21.9 Å². The van der Waals surface area contributed by atoms with Crippen molar-refractivity contribution >= 4 is 17.2 Å². The summed E-state index contributed by atoms with van der Waals surface area (Å²) in [5.41, 5.74) is 6.40. The molecule has 0 aromatic carbocycles. The van der Waals surface area contributed by atoms with Crippen LogP contribution in [0.5, 0.6) is 0 Å². The van der Waals surface area contributed by atoms with Gasteiger partial charge in [0.05, 0.1) is 13.1 Å². The number of rotatable bonds is 2. The summed E-state index contributed by atoms with van der Waals surface area (Å²) in [5.74, 6) is 6.03. The van der Waals surface area contributed by atoms with Crippen LogP contribution in [0.2, 0.25) is 0 Å². The number of nitrogens with zero attached hydrogens (tertiary/aromatic N) is 1. The highest BCUT2D eigenvalue weighted by Gasteiger charge is 2.17. The molecule has 0 radical (unpaired) electrons. The molecule has 1 saturated heterocycles. The van der Waals surface area contributed by atoms with Crippen LogP contribution in [0.15, 0.2) is 11.4 Å². The van der Waals surface area contributed by atoms with Crippen LogP contribution >= 0.6 is 11.3 Å². The molecular weight excluding hydrogens is 234 g/mol. The molecule has 0 unspecified atom stereocenters. The lowest BCUT2D eigenvalue weighted by Crippen LogP contribution is -2.47. The van der Waals surface area contributed by atoms with E-state index in [1.54, 1.807) is 11.3 Å². The van der Waals surface area contributed by atoms with Gasteiger partial charge in [0, 0.05) is 30.1 Å². The largest absolute Gasteiger partial charge is 0.354 e. The number of nitrogens with one attached hydrogen (secondary N) is 1. The average Bonchev–Trinajstić information content (AvgIpc) is 2.74. The molecule has 3 N–H and O–H groups in total. The minimum atomic E-state index is 0.0994. The first-order valence-corrected chi connectivity index (χ1v) is 6.42. The Morgan fingerprint density at radius 3 is 3.24 bits per heavy atom. The Labute approximate surface area is 105 Å². The number of nitrogens with two attached hydrogens (primary N) is 1. The van der Waals surface area contributed by atoms with E-state index in [0.29, 0.717) is 13.1 Å². The summed E-state index contributed by atoms with van der Waals surface area (Å²) in [6.45, 7) is 3.27. The molecule has 5 heteroatoms. The maximum Gasteiger partial charge on any atom is 0.234 e. The van der Waals surface area contributed by atoms with Gasteiger partial charge >= 0.3 is 0 Å². The Balaban J connectivity index is 2.03. The minimum absolute atomic E-state index is 0.0994. The van der Waals surface area contributed by atoms with Crippen LogP contribution in [0, 0.1) is 11.8 Å². The zero-order chi connectivity index (χ0) is 12.1. The summed E-state index contributed by atoms with van der Waals surface area (Å²) in [6.07, 6.45) is 0. The van der Waals surface area contributed by atoms with Gasteiger partial charge in [0.15, 0.2) is 0 Å². The molecule has 1 aromatic rings. The number of amides is 1. The van der Waals surface area contributed by atoms with E-state index in [1.165, 1.54) is 4.88 Å². The van der Waals surface area contributed by atoms with Gasteiger partial charge in [-0.25, -0.2) is 0 Å². The van der Waals surface area contributed by atoms with Crippen LogP contribution in [-0.2, 0) is 11.3 Å². The smallest absolute Gasteiger partial charge is 0.234 e. The van der Waals surface area contributed by atoms with Crippen molar-refractivity contribution in [2.24, 2.45) is 5.73 Å². The molecule has 1 aliphatic heterocycles. The SMILES string of the molecule is NCC#Cc1ccsc1CN1CCNC(=O)C1. The Hall–Kier alpha value is -1.35. The number of hydrogen-bond acceptors (Lipinski definition) is 4. The highest BCUT2D eigenvalue weighted by atomic mass is 32.1. The second-order valence-electron chi connectivity index (χ2n) is 3.82. The summed E-state index contributed by atoms with van der Waals surface area (Å²) < 4.78 is 0. The standard InChI is InChI=1S/C12H15N3OS/c13-4-1-2-10-3-7-17-11(10)8-15-6-5-14-12(16)9-15/h3,7H,4-6,8-9,13H2,(H,14,16). The summed E-state index contributed by atoms with van der Waals surface area (Å²) in [7, 11) is 0. The first kappa shape index (κ1) is 12.1. The van der Waals surface area contributed by atoms with E-state index < -0.39 is 0 Å². The second-order valence-corrected chi connectivity index (χ2v) is 4.82. The van der Waals surface area contributed by atoms with Gasteiger partial charge < -0.3 is 11.1 Å². The molecule has 1 aliphatic rings. The lowest BCUT2D eigenvalue weighted by atomic mass is 10.2. The van der Waals surface area contributed by atoms with Crippen molar-refractivity contribution in [2.75, 3.05) is 26.2 Å². The van der Waals surface area contributed by atoms with E-state index in [2.05, 4.69) is 22.1 Å². The number of thiophene rings is 1. The molecular formula is C12H15N3OS. The van der Waals surface area contributed by atoms with Crippen LogP contribution in [0.25, 0.3) is 0 Å². The van der Waals surface area contributed by atoms with Gasteiger partial charge in [-0.1, -0.05) is 11.8 Å². The lowest BCUT2D eigenvalue weighted by molar-refractivity contribution is -0.124. The van der Waals surface area contributed by atoms with Crippen LogP contribution in [0.1, 0.15) is 10.4 Å². The van der Waals surface area contributed by atoms with Crippen molar-refractivity contribution in [2.45, 2.75) is 6.54 Å². The van der Waals surface area contributed by atoms with E-state index in [1.807, 2.05) is 11.4 Å². The summed E-state index contributed by atoms with van der Waals surface area (Å²) >= 11 is 1.68. The second kappa shape index (κ2) is 5.82. The normalized spacial score (nSPS) is 16.2. The third-order valence-corrected chi connectivity index (χ3v) is 3.46. The van der Waals surface area contributed by atoms with Gasteiger partial charge in [0.2, 0.25) is 5.91 Å². The summed E-state index contributed by atoms with van der Waals surface area (Å²) in [5, 5.41) is 4.85. The van der Waals surface area contributed by atoms with Crippen LogP contribution in [0.4, 0.5) is 0 Å². The van der Waals surface area contributed by atoms with Gasteiger partial charge in [-0.3, -0.25) is 9.69 Å². The van der Waals surface area contributed by atoms with E-state index in [9.17, 15) is 4.79 Å². The van der Waals surface area contributed by atoms with Gasteiger partial charge in [0.1, 0.15) is 0 Å². The highest BCUT2D eigenvalue weighted by Crippen LogP contribution is 2.18. The van der Waals surface area contributed by atoms with E-state index in [4.69, 9.17) is 5.73 Å². The van der Waals surface area contributed by atoms with Crippen LogP contribution in [-0.4, -0.2) is 37.0 Å². The fourth-order valence-corrected chi connectivity index (χ4v) is 2.62. The first-order chi connectivity index (χ1) is 8.29. The highest BCUT2D eigenvalue weighted by molar-refractivity contribution is 7.10. The topological polar surface area (TPSA) is 58.4 Å². The molecule has 0 spiro atoms. The zero-order valence-corrected chi connectivity index (χ0v) is 10.3. The van der Waals surface area contributed by atoms with Crippen molar-refractivity contribution < 1.29 is 4.79 Å². The molecule has 1 fully saturated rings. The molecule has 1 amide bonds. The molecule has 0 atom stereocenters. The Morgan fingerprint density at radius 1 is 1.59 bits per heavy atom. The quantitative estimate of drug-likeness (QED) is 0.725. The maximum atomic E-state index is 11.3. The molecule has 4 nitrogen and oxygen atoms in total. The predicted octanol–water partition coefficient (Wildman–Crippen LogP) is -0.00990. The Bertz CT molecular complexity index is 458. The van der Waals surface area contributed by atoms with E-state index in [-0.39, 0.29) is 5.91 Å². The van der Waals surface area contributed by atoms with Crippen molar-refractivity contribution in [3.63, 3.8) is 0 Å². The monoisotopic (exact) mass is 249 g/mol. The van der Waals surface area contributed by atoms with Gasteiger partial charge in [-0.15, -0.1) is 11.3 Å². The number of piperazine rings is 1. The summed E-state index contributed by atoms with van der Waals surface area (Å²) in [4.78, 5) is 14.6. The zero-order valence-electron chi connectivity index (χ0n) is 9.53. The fraction of sp³-hybridized carbons (Fsp3) is 0.417. The lowest BCUT2D eigenvalue weighted by Gasteiger charge is -2.25. The number of carbonyl (C=O) groups is 1. The molecule has 1 aromatic heterocycles.